The van der Waals surface area contributed by atoms with Crippen LogP contribution < -0.4 is 5.32 Å². The maximum atomic E-state index is 12.5. The molecule has 2 heterocycles. The van der Waals surface area contributed by atoms with E-state index in [1.807, 2.05) is 4.90 Å². The number of anilines is 1. The van der Waals surface area contributed by atoms with Crippen LogP contribution in [0.15, 0.2) is 30.3 Å². The van der Waals surface area contributed by atoms with Crippen molar-refractivity contribution in [2.45, 2.75) is 32.1 Å². The first-order valence-corrected chi connectivity index (χ1v) is 10.4. The number of amides is 2. The highest BCUT2D eigenvalue weighted by Crippen LogP contribution is 2.29. The lowest BCUT2D eigenvalue weighted by atomic mass is 10.0. The Balaban J connectivity index is 1.24. The molecule has 6 heteroatoms. The van der Waals surface area contributed by atoms with E-state index >= 15 is 0 Å². The number of benzene rings is 1. The number of nitrogens with one attached hydrogen (secondary N) is 1. The minimum atomic E-state index is -0.00111. The third kappa shape index (κ3) is 4.24. The predicted molar refractivity (Wildman–Crippen MR) is 106 cm³/mol. The van der Waals surface area contributed by atoms with Crippen molar-refractivity contribution < 1.29 is 4.79 Å². The van der Waals surface area contributed by atoms with Gasteiger partial charge in [-0.05, 0) is 37.7 Å². The van der Waals surface area contributed by atoms with Crippen LogP contribution in [0.25, 0.3) is 0 Å². The molecule has 1 fully saturated rings. The molecule has 138 valence electrons. The van der Waals surface area contributed by atoms with Crippen molar-refractivity contribution in [2.75, 3.05) is 38.0 Å². The van der Waals surface area contributed by atoms with Crippen LogP contribution >= 0.6 is 11.3 Å². The molecule has 0 saturated carbocycles. The van der Waals surface area contributed by atoms with Gasteiger partial charge in [0, 0.05) is 37.6 Å². The molecule has 0 unspecified atom stereocenters. The van der Waals surface area contributed by atoms with Crippen LogP contribution in [-0.4, -0.2) is 53.5 Å². The third-order valence-electron chi connectivity index (χ3n) is 5.28. The minimum absolute atomic E-state index is 0.00111. The fraction of sp³-hybridized carbons (Fsp3) is 0.500. The van der Waals surface area contributed by atoms with Gasteiger partial charge in [-0.1, -0.05) is 30.3 Å². The molecule has 1 aliphatic heterocycles. The van der Waals surface area contributed by atoms with Crippen LogP contribution in [0.1, 0.15) is 29.0 Å². The van der Waals surface area contributed by atoms with Gasteiger partial charge >= 0.3 is 6.03 Å². The van der Waals surface area contributed by atoms with Gasteiger partial charge in [0.2, 0.25) is 0 Å². The SMILES string of the molecule is O=C(Nc1nc2c(s1)CCCC2)N1CCN(CCc2ccccc2)CC1. The predicted octanol–water partition coefficient (Wildman–Crippen LogP) is 3.41. The third-order valence-corrected chi connectivity index (χ3v) is 6.35. The number of piperazine rings is 1. The summed E-state index contributed by atoms with van der Waals surface area (Å²) in [5.41, 5.74) is 2.57. The Morgan fingerprint density at radius 2 is 1.85 bits per heavy atom. The Morgan fingerprint density at radius 3 is 2.62 bits per heavy atom. The van der Waals surface area contributed by atoms with Crippen LogP contribution in [0.5, 0.6) is 0 Å². The van der Waals surface area contributed by atoms with Crippen LogP contribution in [0.3, 0.4) is 0 Å². The highest BCUT2D eigenvalue weighted by Gasteiger charge is 2.22. The molecule has 26 heavy (non-hydrogen) atoms. The zero-order chi connectivity index (χ0) is 17.8. The Bertz CT molecular complexity index is 714. The standard InChI is InChI=1S/C20H26N4OS/c25-20(22-19-21-17-8-4-5-9-18(17)26-19)24-14-12-23(13-15-24)11-10-16-6-2-1-3-7-16/h1-3,6-7H,4-5,8-15H2,(H,21,22,25). The van der Waals surface area contributed by atoms with E-state index in [-0.39, 0.29) is 6.03 Å². The van der Waals surface area contributed by atoms with Gasteiger partial charge in [-0.2, -0.15) is 0 Å². The van der Waals surface area contributed by atoms with Crippen molar-refractivity contribution in [3.63, 3.8) is 0 Å². The second kappa shape index (κ2) is 8.18. The molecule has 5 nitrogen and oxygen atoms in total. The van der Waals surface area contributed by atoms with Crippen LogP contribution in [0.4, 0.5) is 9.93 Å². The van der Waals surface area contributed by atoms with Crippen molar-refractivity contribution >= 4 is 22.5 Å². The molecule has 1 N–H and O–H groups in total. The molecule has 4 rings (SSSR count). The Morgan fingerprint density at radius 1 is 1.08 bits per heavy atom. The number of thiazole rings is 1. The first-order chi connectivity index (χ1) is 12.8. The minimum Gasteiger partial charge on any atom is -0.322 e. The summed E-state index contributed by atoms with van der Waals surface area (Å²) < 4.78 is 0. The maximum absolute atomic E-state index is 12.5. The summed E-state index contributed by atoms with van der Waals surface area (Å²) in [5.74, 6) is 0. The van der Waals surface area contributed by atoms with Gasteiger partial charge in [-0.15, -0.1) is 11.3 Å². The molecule has 0 atom stereocenters. The van der Waals surface area contributed by atoms with E-state index in [1.54, 1.807) is 11.3 Å². The zero-order valence-corrected chi connectivity index (χ0v) is 15.9. The van der Waals surface area contributed by atoms with E-state index in [2.05, 4.69) is 45.5 Å². The Labute approximate surface area is 159 Å². The summed E-state index contributed by atoms with van der Waals surface area (Å²) in [4.78, 5) is 22.9. The molecule has 2 aliphatic rings. The number of urea groups is 1. The first-order valence-electron chi connectivity index (χ1n) is 9.59. The summed E-state index contributed by atoms with van der Waals surface area (Å²) in [6, 6.07) is 10.6. The van der Waals surface area contributed by atoms with E-state index < -0.39 is 0 Å². The van der Waals surface area contributed by atoms with Gasteiger partial charge < -0.3 is 4.90 Å². The molecule has 0 spiro atoms. The fourth-order valence-electron chi connectivity index (χ4n) is 3.68. The number of nitrogens with zero attached hydrogens (tertiary/aromatic N) is 3. The number of carbonyl (C=O) groups is 1. The number of hydrogen-bond acceptors (Lipinski definition) is 4. The van der Waals surface area contributed by atoms with E-state index in [9.17, 15) is 4.79 Å². The van der Waals surface area contributed by atoms with Crippen LogP contribution in [0.2, 0.25) is 0 Å². The average Bonchev–Trinajstić information content (AvgIpc) is 3.10. The Kier molecular flexibility index (Phi) is 5.51. The Hall–Kier alpha value is -1.92. The molecule has 1 saturated heterocycles. The second-order valence-corrected chi connectivity index (χ2v) is 8.17. The normalized spacial score (nSPS) is 17.8. The zero-order valence-electron chi connectivity index (χ0n) is 15.1. The highest BCUT2D eigenvalue weighted by molar-refractivity contribution is 7.15. The molecule has 1 aliphatic carbocycles. The molecular weight excluding hydrogens is 344 g/mol. The molecule has 2 aromatic rings. The van der Waals surface area contributed by atoms with Crippen molar-refractivity contribution in [3.8, 4) is 0 Å². The molecule has 1 aromatic heterocycles. The average molecular weight is 371 g/mol. The van der Waals surface area contributed by atoms with Crippen molar-refractivity contribution in [1.82, 2.24) is 14.8 Å². The molecule has 1 aromatic carbocycles. The lowest BCUT2D eigenvalue weighted by Gasteiger charge is -2.34. The van der Waals surface area contributed by atoms with E-state index in [4.69, 9.17) is 0 Å². The van der Waals surface area contributed by atoms with Gasteiger partial charge in [-0.25, -0.2) is 9.78 Å². The molecule has 2 amide bonds. The number of aromatic nitrogens is 1. The summed E-state index contributed by atoms with van der Waals surface area (Å²) >= 11 is 1.65. The van der Waals surface area contributed by atoms with Crippen LogP contribution in [-0.2, 0) is 19.3 Å². The van der Waals surface area contributed by atoms with Gasteiger partial charge in [-0.3, -0.25) is 10.2 Å². The number of rotatable bonds is 4. The molecule has 0 bridgehead atoms. The van der Waals surface area contributed by atoms with Crippen molar-refractivity contribution in [1.29, 1.82) is 0 Å². The second-order valence-electron chi connectivity index (χ2n) is 7.09. The lowest BCUT2D eigenvalue weighted by Crippen LogP contribution is -2.50. The number of hydrogen-bond donors (Lipinski definition) is 1. The smallest absolute Gasteiger partial charge is 0.322 e. The first kappa shape index (κ1) is 17.5. The topological polar surface area (TPSA) is 48.5 Å². The highest BCUT2D eigenvalue weighted by atomic mass is 32.1. The molecule has 0 radical (unpaired) electrons. The number of fused-ring (bicyclic) bond motifs is 1. The summed E-state index contributed by atoms with van der Waals surface area (Å²) in [5, 5.41) is 3.79. The lowest BCUT2D eigenvalue weighted by molar-refractivity contribution is 0.148. The van der Waals surface area contributed by atoms with Gasteiger partial charge in [0.05, 0.1) is 5.69 Å². The number of carbonyl (C=O) groups excluding carboxylic acids is 1. The molecular formula is C20H26N4OS. The van der Waals surface area contributed by atoms with Gasteiger partial charge in [0.15, 0.2) is 5.13 Å². The van der Waals surface area contributed by atoms with E-state index in [1.165, 1.54) is 29.0 Å². The van der Waals surface area contributed by atoms with Gasteiger partial charge in [0.1, 0.15) is 0 Å². The quantitative estimate of drug-likeness (QED) is 0.897. The van der Waals surface area contributed by atoms with E-state index in [0.29, 0.717) is 0 Å². The maximum Gasteiger partial charge on any atom is 0.323 e. The van der Waals surface area contributed by atoms with Crippen molar-refractivity contribution in [3.05, 3.63) is 46.5 Å². The monoisotopic (exact) mass is 370 g/mol. The largest absolute Gasteiger partial charge is 0.323 e. The summed E-state index contributed by atoms with van der Waals surface area (Å²) in [7, 11) is 0. The summed E-state index contributed by atoms with van der Waals surface area (Å²) in [6.45, 7) is 4.50. The number of aryl methyl sites for hydroxylation is 2. The van der Waals surface area contributed by atoms with Crippen molar-refractivity contribution in [2.24, 2.45) is 0 Å². The van der Waals surface area contributed by atoms with E-state index in [0.717, 1.165) is 57.1 Å². The summed E-state index contributed by atoms with van der Waals surface area (Å²) in [6.07, 6.45) is 5.70. The fourth-order valence-corrected chi connectivity index (χ4v) is 4.72. The van der Waals surface area contributed by atoms with Gasteiger partial charge in [0.25, 0.3) is 0 Å². The van der Waals surface area contributed by atoms with Crippen LogP contribution in [0, 0.1) is 0 Å².